The summed E-state index contributed by atoms with van der Waals surface area (Å²) in [5.74, 6) is -0.310. The lowest BCUT2D eigenvalue weighted by Crippen LogP contribution is -2.46. The molecule has 0 aromatic heterocycles. The molecule has 0 aliphatic carbocycles. The maximum atomic E-state index is 14.6. The number of hydrogen-bond acceptors (Lipinski definition) is 4. The summed E-state index contributed by atoms with van der Waals surface area (Å²) in [6.07, 6.45) is -4.94. The smallest absolute Gasteiger partial charge is 0.449 e. The highest BCUT2D eigenvalue weighted by Gasteiger charge is 2.61. The van der Waals surface area contributed by atoms with E-state index in [0.717, 1.165) is 5.56 Å². The van der Waals surface area contributed by atoms with Gasteiger partial charge in [-0.3, -0.25) is 0 Å². The number of para-hydroxylation sites is 1. The molecule has 3 aromatic rings. The van der Waals surface area contributed by atoms with E-state index in [2.05, 4.69) is 10.3 Å². The minimum atomic E-state index is -4.94. The normalized spacial score (nSPS) is 18.2. The highest BCUT2D eigenvalue weighted by atomic mass is 35.5. The number of benzene rings is 3. The fourth-order valence-electron chi connectivity index (χ4n) is 3.01. The van der Waals surface area contributed by atoms with E-state index >= 15 is 0 Å². The zero-order valence-corrected chi connectivity index (χ0v) is 17.5. The Labute approximate surface area is 186 Å². The molecular weight excluding hydrogens is 452 g/mol. The van der Waals surface area contributed by atoms with E-state index in [9.17, 15) is 13.2 Å². The molecule has 0 spiro atoms. The summed E-state index contributed by atoms with van der Waals surface area (Å²) in [5, 5.41) is 2.89. The summed E-state index contributed by atoms with van der Waals surface area (Å²) in [6, 6.07) is 16.3. The molecule has 0 saturated heterocycles. The Hall–Kier alpha value is -2.90. The molecule has 31 heavy (non-hydrogen) atoms. The van der Waals surface area contributed by atoms with Crippen LogP contribution in [0.15, 0.2) is 71.7 Å². The summed E-state index contributed by atoms with van der Waals surface area (Å²) in [4.78, 5) is 3.90. The second-order valence-electron chi connectivity index (χ2n) is 6.83. The van der Waals surface area contributed by atoms with Gasteiger partial charge in [0.05, 0.1) is 10.0 Å². The Morgan fingerprint density at radius 3 is 2.13 bits per heavy atom. The van der Waals surface area contributed by atoms with Crippen LogP contribution in [-0.2, 0) is 5.72 Å². The number of halogens is 5. The van der Waals surface area contributed by atoms with Crippen LogP contribution < -0.4 is 14.8 Å². The molecule has 1 aliphatic rings. The first-order valence-corrected chi connectivity index (χ1v) is 9.85. The maximum absolute atomic E-state index is 14.6. The van der Waals surface area contributed by atoms with Crippen LogP contribution in [-0.4, -0.2) is 12.2 Å². The first-order chi connectivity index (χ1) is 14.7. The number of alkyl halides is 3. The monoisotopic (exact) mass is 466 g/mol. The van der Waals surface area contributed by atoms with Crippen molar-refractivity contribution in [3.8, 4) is 11.5 Å². The van der Waals surface area contributed by atoms with Crippen LogP contribution in [0, 0.1) is 6.92 Å². The van der Waals surface area contributed by atoms with Crippen molar-refractivity contribution in [3.05, 3.63) is 87.9 Å². The van der Waals surface area contributed by atoms with Crippen LogP contribution in [0.2, 0.25) is 10.0 Å². The van der Waals surface area contributed by atoms with Crippen LogP contribution in [0.5, 0.6) is 11.5 Å². The van der Waals surface area contributed by atoms with Gasteiger partial charge >= 0.3 is 11.9 Å². The van der Waals surface area contributed by atoms with E-state index in [0.29, 0.717) is 5.69 Å². The first-order valence-electron chi connectivity index (χ1n) is 9.10. The van der Waals surface area contributed by atoms with E-state index < -0.39 is 17.9 Å². The molecule has 3 aromatic carbocycles. The molecule has 1 unspecified atom stereocenters. The van der Waals surface area contributed by atoms with Crippen molar-refractivity contribution in [1.82, 2.24) is 0 Å². The number of hydrogen-bond donors (Lipinski definition) is 1. The topological polar surface area (TPSA) is 42.9 Å². The fourth-order valence-corrected chi connectivity index (χ4v) is 3.32. The molecule has 0 saturated carbocycles. The van der Waals surface area contributed by atoms with Gasteiger partial charge < -0.3 is 14.8 Å². The Morgan fingerprint density at radius 2 is 1.52 bits per heavy atom. The second kappa shape index (κ2) is 7.98. The third-order valence-electron chi connectivity index (χ3n) is 4.56. The number of nitrogens with one attached hydrogen (secondary N) is 1. The van der Waals surface area contributed by atoms with Gasteiger partial charge in [0.1, 0.15) is 0 Å². The summed E-state index contributed by atoms with van der Waals surface area (Å²) in [7, 11) is 0. The fraction of sp³-hybridized carbons (Fsp3) is 0.136. The molecule has 4 nitrogen and oxygen atoms in total. The molecule has 0 amide bonds. The molecule has 0 fully saturated rings. The predicted molar refractivity (Wildman–Crippen MR) is 114 cm³/mol. The molecule has 1 heterocycles. The molecule has 1 atom stereocenters. The molecule has 9 heteroatoms. The zero-order valence-electron chi connectivity index (χ0n) is 16.0. The number of aliphatic imine (C=N–C) groups is 1. The van der Waals surface area contributed by atoms with Gasteiger partial charge in [0, 0.05) is 23.4 Å². The number of aryl methyl sites for hydroxylation is 1. The third kappa shape index (κ3) is 4.16. The Bertz CT molecular complexity index is 1140. The van der Waals surface area contributed by atoms with Gasteiger partial charge in [-0.15, -0.1) is 0 Å². The second-order valence-corrected chi connectivity index (χ2v) is 7.65. The Kier molecular flexibility index (Phi) is 5.49. The van der Waals surface area contributed by atoms with Gasteiger partial charge in [-0.1, -0.05) is 71.2 Å². The van der Waals surface area contributed by atoms with Crippen LogP contribution in [0.25, 0.3) is 0 Å². The van der Waals surface area contributed by atoms with Gasteiger partial charge in [0.15, 0.2) is 11.5 Å². The average Bonchev–Trinajstić information content (AvgIpc) is 2.86. The molecule has 0 bridgehead atoms. The van der Waals surface area contributed by atoms with Crippen molar-refractivity contribution in [2.75, 3.05) is 5.32 Å². The van der Waals surface area contributed by atoms with Crippen molar-refractivity contribution in [2.24, 2.45) is 4.99 Å². The zero-order chi connectivity index (χ0) is 22.2. The minimum absolute atomic E-state index is 0.0171. The summed E-state index contributed by atoms with van der Waals surface area (Å²) < 4.78 is 54.9. The van der Waals surface area contributed by atoms with Crippen molar-refractivity contribution >= 4 is 34.9 Å². The Morgan fingerprint density at radius 1 is 0.903 bits per heavy atom. The van der Waals surface area contributed by atoms with Crippen LogP contribution in [0.3, 0.4) is 0 Å². The lowest BCUT2D eigenvalue weighted by atomic mass is 10.0. The standard InChI is InChI=1S/C22H15Cl2F3N2O2/c1-13-7-9-14(10-8-13)21(22(25,26)27)29-20(28-15-5-3-2-4-6-15)30-18-11-16(23)17(24)12-19(18)31-21/h2-12H,1H3,(H,28,29). The largest absolute Gasteiger partial charge is 0.455 e. The van der Waals surface area contributed by atoms with Crippen molar-refractivity contribution in [3.63, 3.8) is 0 Å². The van der Waals surface area contributed by atoms with Crippen molar-refractivity contribution in [2.45, 2.75) is 18.8 Å². The SMILES string of the molecule is Cc1ccc(C2(C(F)(F)F)N=C(Nc3ccccc3)Oc3cc(Cl)c(Cl)cc3O2)cc1. The van der Waals surface area contributed by atoms with E-state index in [-0.39, 0.29) is 27.1 Å². The number of amidine groups is 1. The summed E-state index contributed by atoms with van der Waals surface area (Å²) in [6.45, 7) is 1.77. The van der Waals surface area contributed by atoms with Crippen LogP contribution in [0.4, 0.5) is 18.9 Å². The highest BCUT2D eigenvalue weighted by molar-refractivity contribution is 6.42. The predicted octanol–water partition coefficient (Wildman–Crippen LogP) is 6.96. The summed E-state index contributed by atoms with van der Waals surface area (Å²) >= 11 is 12.1. The van der Waals surface area contributed by atoms with Crippen LogP contribution >= 0.6 is 23.2 Å². The van der Waals surface area contributed by atoms with E-state index in [4.69, 9.17) is 32.7 Å². The van der Waals surface area contributed by atoms with Crippen molar-refractivity contribution in [1.29, 1.82) is 0 Å². The Balaban J connectivity index is 1.94. The molecule has 160 valence electrons. The minimum Gasteiger partial charge on any atom is -0.449 e. The molecule has 1 N–H and O–H groups in total. The number of nitrogens with zero attached hydrogens (tertiary/aromatic N) is 1. The van der Waals surface area contributed by atoms with Gasteiger partial charge in [-0.25, -0.2) is 0 Å². The van der Waals surface area contributed by atoms with Gasteiger partial charge in [0.2, 0.25) is 0 Å². The number of ether oxygens (including phenoxy) is 2. The van der Waals surface area contributed by atoms with Gasteiger partial charge in [-0.2, -0.15) is 18.2 Å². The average molecular weight is 467 g/mol. The van der Waals surface area contributed by atoms with Crippen molar-refractivity contribution < 1.29 is 22.6 Å². The molecule has 1 aliphatic heterocycles. The molecule has 0 radical (unpaired) electrons. The number of rotatable bonds is 2. The highest BCUT2D eigenvalue weighted by Crippen LogP contribution is 2.49. The third-order valence-corrected chi connectivity index (χ3v) is 5.28. The van der Waals surface area contributed by atoms with E-state index in [1.54, 1.807) is 49.4 Å². The lowest BCUT2D eigenvalue weighted by Gasteiger charge is -2.31. The van der Waals surface area contributed by atoms with E-state index in [1.807, 2.05) is 0 Å². The summed E-state index contributed by atoms with van der Waals surface area (Å²) in [5.41, 5.74) is -2.04. The maximum Gasteiger partial charge on any atom is 0.455 e. The van der Waals surface area contributed by atoms with Gasteiger partial charge in [0.25, 0.3) is 6.02 Å². The number of fused-ring (bicyclic) bond motifs is 1. The molecule has 4 rings (SSSR count). The van der Waals surface area contributed by atoms with Crippen LogP contribution in [0.1, 0.15) is 11.1 Å². The first kappa shape index (κ1) is 21.3. The van der Waals surface area contributed by atoms with Gasteiger partial charge in [-0.05, 0) is 19.1 Å². The molecular formula is C22H15Cl2F3N2O2. The van der Waals surface area contributed by atoms with E-state index in [1.165, 1.54) is 24.3 Å². The number of anilines is 1. The quantitative estimate of drug-likeness (QED) is 0.443. The lowest BCUT2D eigenvalue weighted by molar-refractivity contribution is -0.251.